The highest BCUT2D eigenvalue weighted by Gasteiger charge is 2.16. The topological polar surface area (TPSA) is 95.5 Å². The van der Waals surface area contributed by atoms with Crippen LogP contribution >= 0.6 is 0 Å². The first-order valence-corrected chi connectivity index (χ1v) is 7.67. The molecule has 1 rings (SSSR count). The first-order valence-electron chi connectivity index (χ1n) is 6.19. The summed E-state index contributed by atoms with van der Waals surface area (Å²) in [5.41, 5.74) is 0. The fraction of sp³-hybridized carbons (Fsp3) is 0.417. The van der Waals surface area contributed by atoms with Crippen LogP contribution in [0.3, 0.4) is 0 Å². The van der Waals surface area contributed by atoms with Crippen LogP contribution in [0.1, 0.15) is 12.8 Å². The van der Waals surface area contributed by atoms with E-state index in [4.69, 9.17) is 5.11 Å². The van der Waals surface area contributed by atoms with Gasteiger partial charge in [0.25, 0.3) is 0 Å². The maximum Gasteiger partial charge on any atom is 0.240 e. The molecule has 0 saturated carbocycles. The SMILES string of the molecule is O=C(CCNS(=O)(=O)c1ccc(F)c(F)c1)NCCCO. The third kappa shape index (κ3) is 5.74. The second-order valence-corrected chi connectivity index (χ2v) is 5.92. The fourth-order valence-corrected chi connectivity index (χ4v) is 2.46. The van der Waals surface area contributed by atoms with Gasteiger partial charge in [0.05, 0.1) is 4.90 Å². The lowest BCUT2D eigenvalue weighted by Gasteiger charge is -2.07. The lowest BCUT2D eigenvalue weighted by Crippen LogP contribution is -2.31. The zero-order valence-electron chi connectivity index (χ0n) is 11.1. The van der Waals surface area contributed by atoms with Crippen molar-refractivity contribution >= 4 is 15.9 Å². The smallest absolute Gasteiger partial charge is 0.240 e. The van der Waals surface area contributed by atoms with Gasteiger partial charge in [-0.1, -0.05) is 0 Å². The van der Waals surface area contributed by atoms with E-state index < -0.39 is 26.6 Å². The Morgan fingerprint density at radius 2 is 1.90 bits per heavy atom. The Hall–Kier alpha value is -1.58. The summed E-state index contributed by atoms with van der Waals surface area (Å²) in [4.78, 5) is 10.9. The number of carbonyl (C=O) groups excluding carboxylic acids is 1. The molecular formula is C12H16F2N2O4S. The van der Waals surface area contributed by atoms with E-state index in [1.54, 1.807) is 0 Å². The van der Waals surface area contributed by atoms with Gasteiger partial charge < -0.3 is 10.4 Å². The summed E-state index contributed by atoms with van der Waals surface area (Å²) in [5, 5.41) is 11.0. The van der Waals surface area contributed by atoms with Gasteiger partial charge >= 0.3 is 0 Å². The third-order valence-electron chi connectivity index (χ3n) is 2.50. The molecule has 0 aliphatic carbocycles. The molecule has 0 atom stereocenters. The molecule has 0 bridgehead atoms. The molecule has 1 aromatic rings. The average molecular weight is 322 g/mol. The minimum absolute atomic E-state index is 0.0525. The van der Waals surface area contributed by atoms with Gasteiger partial charge in [-0.15, -0.1) is 0 Å². The van der Waals surface area contributed by atoms with Crippen molar-refractivity contribution in [2.24, 2.45) is 0 Å². The summed E-state index contributed by atoms with van der Waals surface area (Å²) in [7, 11) is -4.00. The van der Waals surface area contributed by atoms with Crippen molar-refractivity contribution in [1.29, 1.82) is 0 Å². The number of benzene rings is 1. The van der Waals surface area contributed by atoms with E-state index in [0.29, 0.717) is 25.1 Å². The largest absolute Gasteiger partial charge is 0.396 e. The molecule has 0 unspecified atom stereocenters. The van der Waals surface area contributed by atoms with E-state index in [-0.39, 0.29) is 25.5 Å². The van der Waals surface area contributed by atoms with E-state index in [2.05, 4.69) is 10.0 Å². The van der Waals surface area contributed by atoms with Crippen LogP contribution in [0.4, 0.5) is 8.78 Å². The van der Waals surface area contributed by atoms with Crippen LogP contribution < -0.4 is 10.0 Å². The normalized spacial score (nSPS) is 11.4. The quantitative estimate of drug-likeness (QED) is 0.593. The molecule has 0 heterocycles. The monoisotopic (exact) mass is 322 g/mol. The highest BCUT2D eigenvalue weighted by molar-refractivity contribution is 7.89. The Kier molecular flexibility index (Phi) is 6.66. The van der Waals surface area contributed by atoms with Crippen LogP contribution in [0.25, 0.3) is 0 Å². The van der Waals surface area contributed by atoms with E-state index in [9.17, 15) is 22.0 Å². The van der Waals surface area contributed by atoms with Gasteiger partial charge in [-0.25, -0.2) is 21.9 Å². The number of halogens is 2. The lowest BCUT2D eigenvalue weighted by atomic mass is 10.3. The molecule has 1 amide bonds. The fourth-order valence-electron chi connectivity index (χ4n) is 1.42. The number of hydrogen-bond donors (Lipinski definition) is 3. The Labute approximate surface area is 121 Å². The summed E-state index contributed by atoms with van der Waals surface area (Å²) in [5.74, 6) is -2.78. The average Bonchev–Trinajstić information content (AvgIpc) is 2.42. The highest BCUT2D eigenvalue weighted by atomic mass is 32.2. The molecule has 0 aliphatic rings. The molecule has 9 heteroatoms. The highest BCUT2D eigenvalue weighted by Crippen LogP contribution is 2.13. The van der Waals surface area contributed by atoms with Crippen molar-refractivity contribution < 1.29 is 27.1 Å². The van der Waals surface area contributed by atoms with Crippen LogP contribution in [0.2, 0.25) is 0 Å². The van der Waals surface area contributed by atoms with Crippen molar-refractivity contribution in [1.82, 2.24) is 10.0 Å². The van der Waals surface area contributed by atoms with Crippen molar-refractivity contribution in [2.45, 2.75) is 17.7 Å². The zero-order valence-corrected chi connectivity index (χ0v) is 11.9. The Balaban J connectivity index is 2.50. The van der Waals surface area contributed by atoms with Crippen molar-refractivity contribution in [3.8, 4) is 0 Å². The standard InChI is InChI=1S/C12H16F2N2O4S/c13-10-3-2-9(8-11(10)14)21(19,20)16-6-4-12(18)15-5-1-7-17/h2-3,8,16-17H,1,4-7H2,(H,15,18). The number of rotatable bonds is 8. The van der Waals surface area contributed by atoms with E-state index in [0.717, 1.165) is 6.07 Å². The first kappa shape index (κ1) is 17.5. The van der Waals surface area contributed by atoms with Crippen LogP contribution in [0.15, 0.2) is 23.1 Å². The lowest BCUT2D eigenvalue weighted by molar-refractivity contribution is -0.120. The molecule has 0 spiro atoms. The number of aliphatic hydroxyl groups is 1. The molecule has 1 aromatic carbocycles. The minimum Gasteiger partial charge on any atom is -0.396 e. The first-order chi connectivity index (χ1) is 9.86. The van der Waals surface area contributed by atoms with Crippen molar-refractivity contribution in [2.75, 3.05) is 19.7 Å². The van der Waals surface area contributed by atoms with E-state index in [1.807, 2.05) is 0 Å². The number of hydrogen-bond acceptors (Lipinski definition) is 4. The Bertz CT molecular complexity index is 593. The second-order valence-electron chi connectivity index (χ2n) is 4.15. The van der Waals surface area contributed by atoms with Gasteiger partial charge in [-0.3, -0.25) is 4.79 Å². The molecule has 6 nitrogen and oxygen atoms in total. The molecule has 118 valence electrons. The van der Waals surface area contributed by atoms with Crippen LogP contribution in [-0.4, -0.2) is 39.1 Å². The molecule has 0 saturated heterocycles. The van der Waals surface area contributed by atoms with Gasteiger partial charge in [0.2, 0.25) is 15.9 Å². The van der Waals surface area contributed by atoms with Crippen molar-refractivity contribution in [3.63, 3.8) is 0 Å². The molecule has 0 aliphatic heterocycles. The molecule has 0 fully saturated rings. The molecule has 0 radical (unpaired) electrons. The van der Waals surface area contributed by atoms with Crippen LogP contribution in [-0.2, 0) is 14.8 Å². The van der Waals surface area contributed by atoms with Crippen LogP contribution in [0, 0.1) is 11.6 Å². The summed E-state index contributed by atoms with van der Waals surface area (Å²) in [6.45, 7) is 0.0700. The predicted molar refractivity (Wildman–Crippen MR) is 70.9 cm³/mol. The number of carbonyl (C=O) groups is 1. The van der Waals surface area contributed by atoms with Gasteiger partial charge in [0.1, 0.15) is 0 Å². The summed E-state index contributed by atoms with van der Waals surface area (Å²) < 4.78 is 51.4. The summed E-state index contributed by atoms with van der Waals surface area (Å²) in [6, 6.07) is 2.21. The third-order valence-corrected chi connectivity index (χ3v) is 3.96. The Morgan fingerprint density at radius 1 is 1.19 bits per heavy atom. The molecule has 21 heavy (non-hydrogen) atoms. The van der Waals surface area contributed by atoms with Gasteiger partial charge in [-0.2, -0.15) is 0 Å². The van der Waals surface area contributed by atoms with Crippen LogP contribution in [0.5, 0.6) is 0 Å². The maximum atomic E-state index is 13.0. The summed E-state index contributed by atoms with van der Waals surface area (Å²) in [6.07, 6.45) is 0.306. The van der Waals surface area contributed by atoms with E-state index >= 15 is 0 Å². The van der Waals surface area contributed by atoms with Gasteiger partial charge in [0.15, 0.2) is 11.6 Å². The van der Waals surface area contributed by atoms with Gasteiger partial charge in [0, 0.05) is 26.1 Å². The molecule has 0 aromatic heterocycles. The molecule has 3 N–H and O–H groups in total. The minimum atomic E-state index is -4.00. The number of amides is 1. The predicted octanol–water partition coefficient (Wildman–Crippen LogP) is 0.132. The molecular weight excluding hydrogens is 306 g/mol. The van der Waals surface area contributed by atoms with Gasteiger partial charge in [-0.05, 0) is 24.6 Å². The number of nitrogens with one attached hydrogen (secondary N) is 2. The Morgan fingerprint density at radius 3 is 2.52 bits per heavy atom. The van der Waals surface area contributed by atoms with Crippen molar-refractivity contribution in [3.05, 3.63) is 29.8 Å². The van der Waals surface area contributed by atoms with E-state index in [1.165, 1.54) is 0 Å². The second kappa shape index (κ2) is 8.01. The number of aliphatic hydroxyl groups excluding tert-OH is 1. The zero-order chi connectivity index (χ0) is 15.9. The number of sulfonamides is 1. The maximum absolute atomic E-state index is 13.0. The summed E-state index contributed by atoms with van der Waals surface area (Å²) >= 11 is 0.